The maximum absolute atomic E-state index is 12.8. The largest absolute Gasteiger partial charge is 0.480 e. The lowest BCUT2D eigenvalue weighted by Crippen LogP contribution is -2.08. The van der Waals surface area contributed by atoms with Gasteiger partial charge in [0.25, 0.3) is 0 Å². The summed E-state index contributed by atoms with van der Waals surface area (Å²) in [6, 6.07) is 1.75. The second kappa shape index (κ2) is 10.8. The van der Waals surface area contributed by atoms with Gasteiger partial charge in [-0.2, -0.15) is 10.2 Å². The van der Waals surface area contributed by atoms with E-state index in [0.29, 0.717) is 40.7 Å². The number of ether oxygens (including phenoxy) is 1. The van der Waals surface area contributed by atoms with Gasteiger partial charge in [-0.3, -0.25) is 24.1 Å². The number of hydrogen-bond acceptors (Lipinski definition) is 7. The highest BCUT2D eigenvalue weighted by molar-refractivity contribution is 7.86. The van der Waals surface area contributed by atoms with Gasteiger partial charge in [-0.05, 0) is 25.1 Å². The first kappa shape index (κ1) is 23.8. The second-order valence-corrected chi connectivity index (χ2v) is 8.64. The van der Waals surface area contributed by atoms with Gasteiger partial charge in [0.05, 0.1) is 48.6 Å². The van der Waals surface area contributed by atoms with E-state index < -0.39 is 11.0 Å². The summed E-state index contributed by atoms with van der Waals surface area (Å²) in [7, 11) is 1.80. The summed E-state index contributed by atoms with van der Waals surface area (Å²) in [5.41, 5.74) is 4.15. The molecule has 0 fully saturated rings. The Labute approximate surface area is 205 Å². The van der Waals surface area contributed by atoms with Crippen LogP contribution in [-0.2, 0) is 24.6 Å². The first-order chi connectivity index (χ1) is 17.0. The molecule has 178 valence electrons. The van der Waals surface area contributed by atoms with Crippen molar-refractivity contribution in [1.82, 2.24) is 24.5 Å². The number of anilines is 1. The van der Waals surface area contributed by atoms with Crippen molar-refractivity contribution in [3.63, 3.8) is 0 Å². The number of methoxy groups -OCH3 is 1. The molecule has 0 aromatic carbocycles. The highest BCUT2D eigenvalue weighted by atomic mass is 32.2. The molecule has 1 unspecified atom stereocenters. The third-order valence-electron chi connectivity index (χ3n) is 5.07. The average Bonchev–Trinajstić information content (AvgIpc) is 3.54. The lowest BCUT2D eigenvalue weighted by Gasteiger charge is -2.11. The second-order valence-electron chi connectivity index (χ2n) is 7.43. The van der Waals surface area contributed by atoms with Gasteiger partial charge in [-0.25, -0.2) is 9.19 Å². The monoisotopic (exact) mass is 488 g/mol. The van der Waals surface area contributed by atoms with Crippen LogP contribution in [-0.4, -0.2) is 54.3 Å². The number of nitrogens with one attached hydrogen (secondary N) is 1. The zero-order valence-electron chi connectivity index (χ0n) is 19.5. The number of aliphatic imine (C=N–C) groups is 2. The zero-order chi connectivity index (χ0) is 24.8. The highest BCUT2D eigenvalue weighted by Gasteiger charge is 2.14. The van der Waals surface area contributed by atoms with Gasteiger partial charge in [0.15, 0.2) is 11.0 Å². The Morgan fingerprint density at radius 1 is 1.31 bits per heavy atom. The van der Waals surface area contributed by atoms with Crippen LogP contribution in [0.5, 0.6) is 5.88 Å². The van der Waals surface area contributed by atoms with Crippen molar-refractivity contribution in [2.75, 3.05) is 18.4 Å². The van der Waals surface area contributed by atoms with Gasteiger partial charge < -0.3 is 4.74 Å². The molecule has 0 radical (unpaired) electrons. The molecule has 0 spiro atoms. The lowest BCUT2D eigenvalue weighted by atomic mass is 10.1. The fourth-order valence-electron chi connectivity index (χ4n) is 3.22. The van der Waals surface area contributed by atoms with E-state index in [4.69, 9.17) is 11.2 Å². The van der Waals surface area contributed by atoms with Crippen molar-refractivity contribution in [3.8, 4) is 18.2 Å². The molecule has 3 aromatic rings. The van der Waals surface area contributed by atoms with Crippen LogP contribution < -0.4 is 9.46 Å². The molecule has 0 saturated heterocycles. The van der Waals surface area contributed by atoms with Gasteiger partial charge in [0.2, 0.25) is 5.88 Å². The Bertz CT molecular complexity index is 1420. The van der Waals surface area contributed by atoms with Crippen molar-refractivity contribution in [1.29, 1.82) is 0 Å². The van der Waals surface area contributed by atoms with Crippen LogP contribution in [0.4, 0.5) is 5.69 Å². The van der Waals surface area contributed by atoms with Crippen molar-refractivity contribution in [2.24, 2.45) is 17.0 Å². The van der Waals surface area contributed by atoms with Crippen molar-refractivity contribution in [2.45, 2.75) is 18.4 Å². The first-order valence-electron chi connectivity index (χ1n) is 10.7. The molecule has 35 heavy (non-hydrogen) atoms. The standard InChI is InChI=1S/C24H24N8O2S/c1-5-17(7-8-20-12-26-23(14-25-20)19-11-28-31(3)15-19)18-9-22(24(34-4)27-10-18)30-35(33)21-13-29-32(6-2)16-21/h1,7-11,13-16,30H,6,12H2,2-4H3/b17-7+,20-8+. The molecule has 0 bridgehead atoms. The molecule has 0 aliphatic carbocycles. The third-order valence-corrected chi connectivity index (χ3v) is 6.11. The summed E-state index contributed by atoms with van der Waals surface area (Å²) in [5, 5.41) is 8.32. The van der Waals surface area contributed by atoms with Gasteiger partial charge >= 0.3 is 0 Å². The molecular weight excluding hydrogens is 464 g/mol. The van der Waals surface area contributed by atoms with Crippen LogP contribution in [0.1, 0.15) is 18.1 Å². The average molecular weight is 489 g/mol. The number of allylic oxidation sites excluding steroid dienone is 3. The van der Waals surface area contributed by atoms with Crippen LogP contribution >= 0.6 is 0 Å². The number of rotatable bonds is 8. The number of aromatic nitrogens is 5. The maximum Gasteiger partial charge on any atom is 0.238 e. The molecule has 10 nitrogen and oxygen atoms in total. The fourth-order valence-corrected chi connectivity index (χ4v) is 4.05. The molecule has 11 heteroatoms. The van der Waals surface area contributed by atoms with Crippen LogP contribution in [0.15, 0.2) is 69.8 Å². The molecule has 3 aromatic heterocycles. The van der Waals surface area contributed by atoms with E-state index in [1.54, 1.807) is 52.5 Å². The molecule has 1 aliphatic heterocycles. The molecular formula is C24H24N8O2S. The number of terminal acetylenes is 1. The van der Waals surface area contributed by atoms with Gasteiger partial charge in [-0.15, -0.1) is 6.42 Å². The molecule has 1 aliphatic rings. The molecule has 0 saturated carbocycles. The Kier molecular flexibility index (Phi) is 7.32. The van der Waals surface area contributed by atoms with Crippen molar-refractivity contribution >= 4 is 34.2 Å². The molecule has 0 amide bonds. The smallest absolute Gasteiger partial charge is 0.238 e. The quantitative estimate of drug-likeness (QED) is 0.490. The van der Waals surface area contributed by atoms with Crippen LogP contribution in [0.3, 0.4) is 0 Å². The van der Waals surface area contributed by atoms with E-state index >= 15 is 0 Å². The predicted molar refractivity (Wildman–Crippen MR) is 137 cm³/mol. The highest BCUT2D eigenvalue weighted by Crippen LogP contribution is 2.27. The summed E-state index contributed by atoms with van der Waals surface area (Å²) in [6.45, 7) is 3.06. The summed E-state index contributed by atoms with van der Waals surface area (Å²) in [4.78, 5) is 13.9. The maximum atomic E-state index is 12.8. The van der Waals surface area contributed by atoms with E-state index in [-0.39, 0.29) is 0 Å². The minimum absolute atomic E-state index is 0.300. The summed E-state index contributed by atoms with van der Waals surface area (Å²) >= 11 is 0. The van der Waals surface area contributed by atoms with Crippen molar-refractivity contribution < 1.29 is 8.95 Å². The van der Waals surface area contributed by atoms with E-state index in [0.717, 1.165) is 17.0 Å². The van der Waals surface area contributed by atoms with E-state index in [9.17, 15) is 4.21 Å². The molecule has 1 atom stereocenters. The molecule has 4 rings (SSSR count). The summed E-state index contributed by atoms with van der Waals surface area (Å²) < 4.78 is 24.5. The zero-order valence-corrected chi connectivity index (χ0v) is 20.4. The predicted octanol–water partition coefficient (Wildman–Crippen LogP) is 2.65. The van der Waals surface area contributed by atoms with Crippen LogP contribution in [0.25, 0.3) is 5.57 Å². The molecule has 1 N–H and O–H groups in total. The minimum atomic E-state index is -1.55. The van der Waals surface area contributed by atoms with Crippen LogP contribution in [0, 0.1) is 12.3 Å². The van der Waals surface area contributed by atoms with E-state index in [1.807, 2.05) is 26.2 Å². The fraction of sp³-hybridized carbons (Fsp3) is 0.208. The Morgan fingerprint density at radius 2 is 2.17 bits per heavy atom. The van der Waals surface area contributed by atoms with Crippen molar-refractivity contribution in [3.05, 3.63) is 66.0 Å². The lowest BCUT2D eigenvalue weighted by molar-refractivity contribution is 0.400. The number of hydrogen-bond donors (Lipinski definition) is 1. The first-order valence-corrected chi connectivity index (χ1v) is 11.9. The van der Waals surface area contributed by atoms with E-state index in [2.05, 4.69) is 35.8 Å². The summed E-state index contributed by atoms with van der Waals surface area (Å²) in [6.07, 6.45) is 19.6. The van der Waals surface area contributed by atoms with Crippen LogP contribution in [0.2, 0.25) is 0 Å². The van der Waals surface area contributed by atoms with Gasteiger partial charge in [0, 0.05) is 48.9 Å². The van der Waals surface area contributed by atoms with Gasteiger partial charge in [0.1, 0.15) is 5.69 Å². The number of pyridine rings is 1. The third kappa shape index (κ3) is 5.62. The topological polar surface area (TPSA) is 112 Å². The Morgan fingerprint density at radius 3 is 2.80 bits per heavy atom. The molecule has 4 heterocycles. The van der Waals surface area contributed by atoms with Gasteiger partial charge in [-0.1, -0.05) is 5.92 Å². The normalized spacial score (nSPS) is 15.5. The minimum Gasteiger partial charge on any atom is -0.480 e. The SMILES string of the molecule is C#C/C(=C\C=C1/CN=C(c2cnn(C)c2)C=N1)c1cnc(OC)c(NS(=O)c2cnn(CC)c2)c1. The summed E-state index contributed by atoms with van der Waals surface area (Å²) in [5.74, 6) is 2.98. The number of nitrogens with zero attached hydrogens (tertiary/aromatic N) is 7. The Balaban J connectivity index is 1.53. The van der Waals surface area contributed by atoms with E-state index in [1.165, 1.54) is 7.11 Å². The Hall–Kier alpha value is -4.30. The number of aryl methyl sites for hydroxylation is 2.